The molecule has 0 unspecified atom stereocenters. The van der Waals surface area contributed by atoms with Crippen LogP contribution >= 0.6 is 11.6 Å². The summed E-state index contributed by atoms with van der Waals surface area (Å²) in [4.78, 5) is 12.1. The fraction of sp³-hybridized carbons (Fsp3) is 0.267. The summed E-state index contributed by atoms with van der Waals surface area (Å²) in [5, 5.41) is 11.5. The van der Waals surface area contributed by atoms with Gasteiger partial charge in [-0.15, -0.1) is 11.7 Å². The van der Waals surface area contributed by atoms with Gasteiger partial charge in [-0.1, -0.05) is 36.7 Å². The third-order valence-corrected chi connectivity index (χ3v) is 3.20. The minimum Gasteiger partial charge on any atom is -0.347 e. The first-order valence-corrected chi connectivity index (χ1v) is 7.03. The highest BCUT2D eigenvalue weighted by atomic mass is 35.5. The minimum atomic E-state index is -0.251. The lowest BCUT2D eigenvalue weighted by Crippen LogP contribution is -2.25. The fourth-order valence-corrected chi connectivity index (χ4v) is 2.12. The van der Waals surface area contributed by atoms with Gasteiger partial charge in [0.15, 0.2) is 5.69 Å². The molecule has 1 N–H and O–H groups in total. The van der Waals surface area contributed by atoms with Crippen molar-refractivity contribution in [1.29, 1.82) is 0 Å². The van der Waals surface area contributed by atoms with Crippen LogP contribution in [-0.2, 0) is 0 Å². The number of halogens is 1. The molecule has 1 amide bonds. The molecular formula is C15H17ClN4O. The van der Waals surface area contributed by atoms with E-state index in [1.165, 1.54) is 0 Å². The molecule has 5 nitrogen and oxygen atoms in total. The number of nitrogens with zero attached hydrogens (tertiary/aromatic N) is 3. The molecule has 0 saturated heterocycles. The van der Waals surface area contributed by atoms with Crippen molar-refractivity contribution in [3.05, 3.63) is 53.3 Å². The van der Waals surface area contributed by atoms with E-state index in [1.54, 1.807) is 22.9 Å². The molecule has 2 rings (SSSR count). The molecule has 6 heteroatoms. The van der Waals surface area contributed by atoms with E-state index in [9.17, 15) is 4.79 Å². The summed E-state index contributed by atoms with van der Waals surface area (Å²) in [6.45, 7) is 7.96. The second-order valence-electron chi connectivity index (χ2n) is 4.86. The van der Waals surface area contributed by atoms with Gasteiger partial charge in [0.2, 0.25) is 0 Å². The van der Waals surface area contributed by atoms with Gasteiger partial charge in [-0.25, -0.2) is 4.68 Å². The number of aromatic nitrogens is 3. The highest BCUT2D eigenvalue weighted by Gasteiger charge is 2.22. The van der Waals surface area contributed by atoms with Crippen LogP contribution in [0.3, 0.4) is 0 Å². The molecule has 0 fully saturated rings. The largest absolute Gasteiger partial charge is 0.347 e. The van der Waals surface area contributed by atoms with E-state index in [-0.39, 0.29) is 11.8 Å². The van der Waals surface area contributed by atoms with Crippen molar-refractivity contribution < 1.29 is 4.79 Å². The topological polar surface area (TPSA) is 59.8 Å². The van der Waals surface area contributed by atoms with Crippen molar-refractivity contribution >= 4 is 17.5 Å². The molecule has 1 aromatic heterocycles. The Labute approximate surface area is 128 Å². The minimum absolute atomic E-state index is 0.0974. The molecule has 1 aromatic carbocycles. The first-order valence-electron chi connectivity index (χ1n) is 6.65. The maximum Gasteiger partial charge on any atom is 0.274 e. The molecular weight excluding hydrogens is 288 g/mol. The van der Waals surface area contributed by atoms with Crippen LogP contribution in [0.5, 0.6) is 0 Å². The summed E-state index contributed by atoms with van der Waals surface area (Å²) >= 11 is 5.90. The quantitative estimate of drug-likeness (QED) is 0.864. The maximum atomic E-state index is 12.1. The van der Waals surface area contributed by atoms with Crippen molar-refractivity contribution in [1.82, 2.24) is 20.3 Å². The number of carbonyl (C=O) groups excluding carboxylic acids is 1. The number of rotatable bonds is 5. The molecule has 0 bridgehead atoms. The third kappa shape index (κ3) is 3.31. The van der Waals surface area contributed by atoms with E-state index in [2.05, 4.69) is 22.2 Å². The molecule has 0 saturated carbocycles. The van der Waals surface area contributed by atoms with Gasteiger partial charge in [0.1, 0.15) is 0 Å². The van der Waals surface area contributed by atoms with Crippen LogP contribution < -0.4 is 5.32 Å². The van der Waals surface area contributed by atoms with E-state index >= 15 is 0 Å². The van der Waals surface area contributed by atoms with Gasteiger partial charge in [0.25, 0.3) is 5.91 Å². The molecule has 21 heavy (non-hydrogen) atoms. The van der Waals surface area contributed by atoms with Gasteiger partial charge in [-0.2, -0.15) is 0 Å². The number of amides is 1. The van der Waals surface area contributed by atoms with Gasteiger partial charge in [-0.05, 0) is 30.2 Å². The lowest BCUT2D eigenvalue weighted by atomic mass is 10.1. The van der Waals surface area contributed by atoms with Gasteiger partial charge in [-0.3, -0.25) is 4.79 Å². The maximum absolute atomic E-state index is 12.1. The van der Waals surface area contributed by atoms with Crippen molar-refractivity contribution in [2.24, 2.45) is 0 Å². The highest BCUT2D eigenvalue weighted by Crippen LogP contribution is 2.22. The Hall–Kier alpha value is -2.14. The second-order valence-corrected chi connectivity index (χ2v) is 5.30. The summed E-state index contributed by atoms with van der Waals surface area (Å²) in [6.07, 6.45) is 1.62. The van der Waals surface area contributed by atoms with E-state index in [1.807, 2.05) is 26.0 Å². The standard InChI is InChI=1S/C15H17ClN4O/c1-4-9-17-15(21)13-14(10(2)3)20(19-18-13)12-7-5-11(16)6-8-12/h4-8,10H,1,9H2,2-3H3,(H,17,21). The van der Waals surface area contributed by atoms with Gasteiger partial charge in [0, 0.05) is 11.6 Å². The van der Waals surface area contributed by atoms with Crippen LogP contribution in [0.15, 0.2) is 36.9 Å². The Kier molecular flexibility index (Phi) is 4.75. The lowest BCUT2D eigenvalue weighted by molar-refractivity contribution is 0.0951. The Bertz CT molecular complexity index is 646. The van der Waals surface area contributed by atoms with E-state index in [0.717, 1.165) is 11.4 Å². The van der Waals surface area contributed by atoms with Crippen LogP contribution in [0.4, 0.5) is 0 Å². The zero-order chi connectivity index (χ0) is 15.4. The SMILES string of the molecule is C=CCNC(=O)c1nnn(-c2ccc(Cl)cc2)c1C(C)C. The Balaban J connectivity index is 2.43. The number of benzene rings is 1. The molecule has 0 aliphatic carbocycles. The molecule has 0 spiro atoms. The monoisotopic (exact) mass is 304 g/mol. The predicted molar refractivity (Wildman–Crippen MR) is 83.0 cm³/mol. The van der Waals surface area contributed by atoms with E-state index in [4.69, 9.17) is 11.6 Å². The van der Waals surface area contributed by atoms with Crippen LogP contribution in [-0.4, -0.2) is 27.4 Å². The van der Waals surface area contributed by atoms with Crippen LogP contribution in [0.1, 0.15) is 35.9 Å². The summed E-state index contributed by atoms with van der Waals surface area (Å²) in [6, 6.07) is 7.24. The van der Waals surface area contributed by atoms with Gasteiger partial charge < -0.3 is 5.32 Å². The fourth-order valence-electron chi connectivity index (χ4n) is 1.99. The molecule has 0 aliphatic rings. The lowest BCUT2D eigenvalue weighted by Gasteiger charge is -2.11. The Morgan fingerprint density at radius 1 is 1.43 bits per heavy atom. The van der Waals surface area contributed by atoms with Crippen LogP contribution in [0.2, 0.25) is 5.02 Å². The van der Waals surface area contributed by atoms with E-state index < -0.39 is 0 Å². The van der Waals surface area contributed by atoms with Crippen LogP contribution in [0, 0.1) is 0 Å². The zero-order valence-corrected chi connectivity index (χ0v) is 12.8. The number of hydrogen-bond donors (Lipinski definition) is 1. The van der Waals surface area contributed by atoms with Gasteiger partial charge >= 0.3 is 0 Å². The van der Waals surface area contributed by atoms with Crippen molar-refractivity contribution in [3.8, 4) is 5.69 Å². The molecule has 0 atom stereocenters. The molecule has 0 radical (unpaired) electrons. The number of hydrogen-bond acceptors (Lipinski definition) is 3. The predicted octanol–water partition coefficient (Wildman–Crippen LogP) is 2.96. The summed E-state index contributed by atoms with van der Waals surface area (Å²) in [7, 11) is 0. The summed E-state index contributed by atoms with van der Waals surface area (Å²) in [5.74, 6) is -0.154. The first kappa shape index (κ1) is 15.3. The Morgan fingerprint density at radius 3 is 2.67 bits per heavy atom. The summed E-state index contributed by atoms with van der Waals surface area (Å²) in [5.41, 5.74) is 1.92. The molecule has 0 aliphatic heterocycles. The van der Waals surface area contributed by atoms with Crippen molar-refractivity contribution in [2.45, 2.75) is 19.8 Å². The highest BCUT2D eigenvalue weighted by molar-refractivity contribution is 6.30. The van der Waals surface area contributed by atoms with Crippen molar-refractivity contribution in [2.75, 3.05) is 6.54 Å². The average molecular weight is 305 g/mol. The second kappa shape index (κ2) is 6.54. The van der Waals surface area contributed by atoms with Crippen molar-refractivity contribution in [3.63, 3.8) is 0 Å². The Morgan fingerprint density at radius 2 is 2.10 bits per heavy atom. The van der Waals surface area contributed by atoms with E-state index in [0.29, 0.717) is 17.3 Å². The smallest absolute Gasteiger partial charge is 0.274 e. The summed E-state index contributed by atoms with van der Waals surface area (Å²) < 4.78 is 1.67. The molecule has 2 aromatic rings. The average Bonchev–Trinajstić information content (AvgIpc) is 2.90. The number of nitrogens with one attached hydrogen (secondary N) is 1. The zero-order valence-electron chi connectivity index (χ0n) is 12.0. The molecule has 110 valence electrons. The normalized spacial score (nSPS) is 10.7. The number of carbonyl (C=O) groups is 1. The molecule has 1 heterocycles. The third-order valence-electron chi connectivity index (χ3n) is 2.95. The van der Waals surface area contributed by atoms with Gasteiger partial charge in [0.05, 0.1) is 11.4 Å². The first-order chi connectivity index (χ1) is 10.0. The van der Waals surface area contributed by atoms with Crippen LogP contribution in [0.25, 0.3) is 5.69 Å².